The molecule has 0 aliphatic carbocycles. The first-order chi connectivity index (χ1) is 16.1. The van der Waals surface area contributed by atoms with Crippen molar-refractivity contribution in [1.82, 2.24) is 4.98 Å². The Bertz CT molecular complexity index is 1500. The van der Waals surface area contributed by atoms with Crippen molar-refractivity contribution < 1.29 is 9.15 Å². The second kappa shape index (κ2) is 8.68. The summed E-state index contributed by atoms with van der Waals surface area (Å²) in [5.41, 5.74) is 8.65. The maximum atomic E-state index is 6.29. The van der Waals surface area contributed by atoms with Crippen LogP contribution in [0, 0.1) is 25.7 Å². The number of methoxy groups -OCH3 is 1. The Morgan fingerprint density at radius 2 is 1.55 bits per heavy atom. The molecular formula is C30H23NO2. The Morgan fingerprint density at radius 3 is 2.30 bits per heavy atom. The van der Waals surface area contributed by atoms with E-state index in [0.717, 1.165) is 50.2 Å². The Kier molecular flexibility index (Phi) is 5.42. The topological polar surface area (TPSA) is 35.3 Å². The predicted molar refractivity (Wildman–Crippen MR) is 133 cm³/mol. The van der Waals surface area contributed by atoms with Crippen LogP contribution in [-0.4, -0.2) is 12.1 Å². The SMILES string of the molecule is COc1ccc(-c2cc(C)cc3nc(-c4ccccc4)oc23)c(C#Cc2ccc(C)cc2)c1. The van der Waals surface area contributed by atoms with Crippen molar-refractivity contribution in [2.24, 2.45) is 0 Å². The Labute approximate surface area is 193 Å². The summed E-state index contributed by atoms with van der Waals surface area (Å²) in [7, 11) is 1.67. The fourth-order valence-electron chi connectivity index (χ4n) is 3.84. The minimum absolute atomic E-state index is 0.609. The van der Waals surface area contributed by atoms with Gasteiger partial charge in [0.1, 0.15) is 11.3 Å². The van der Waals surface area contributed by atoms with Crippen LogP contribution in [0.25, 0.3) is 33.7 Å². The van der Waals surface area contributed by atoms with Crippen LogP contribution in [0.1, 0.15) is 22.3 Å². The zero-order valence-corrected chi connectivity index (χ0v) is 18.8. The van der Waals surface area contributed by atoms with E-state index in [-0.39, 0.29) is 0 Å². The predicted octanol–water partition coefficient (Wildman–Crippen LogP) is 7.19. The first kappa shape index (κ1) is 20.6. The van der Waals surface area contributed by atoms with Crippen molar-refractivity contribution in [2.45, 2.75) is 13.8 Å². The third-order valence-corrected chi connectivity index (χ3v) is 5.57. The zero-order valence-electron chi connectivity index (χ0n) is 18.8. The summed E-state index contributed by atoms with van der Waals surface area (Å²) in [5.74, 6) is 8.02. The smallest absolute Gasteiger partial charge is 0.227 e. The molecule has 160 valence electrons. The van der Waals surface area contributed by atoms with Crippen molar-refractivity contribution in [3.63, 3.8) is 0 Å². The third kappa shape index (κ3) is 4.24. The molecular weight excluding hydrogens is 406 g/mol. The van der Waals surface area contributed by atoms with Crippen LogP contribution in [0.3, 0.4) is 0 Å². The van der Waals surface area contributed by atoms with E-state index in [0.29, 0.717) is 5.89 Å². The van der Waals surface area contributed by atoms with Crippen molar-refractivity contribution >= 4 is 11.1 Å². The van der Waals surface area contributed by atoms with E-state index >= 15 is 0 Å². The van der Waals surface area contributed by atoms with Crippen LogP contribution in [0.2, 0.25) is 0 Å². The molecule has 0 unspecified atom stereocenters. The van der Waals surface area contributed by atoms with Gasteiger partial charge in [0.25, 0.3) is 0 Å². The van der Waals surface area contributed by atoms with Crippen LogP contribution >= 0.6 is 0 Å². The molecule has 0 fully saturated rings. The van der Waals surface area contributed by atoms with E-state index in [1.807, 2.05) is 60.7 Å². The number of rotatable bonds is 3. The lowest BCUT2D eigenvalue weighted by Crippen LogP contribution is -1.90. The number of aromatic nitrogens is 1. The zero-order chi connectivity index (χ0) is 22.8. The fourth-order valence-corrected chi connectivity index (χ4v) is 3.84. The molecule has 0 bridgehead atoms. The van der Waals surface area contributed by atoms with Gasteiger partial charge in [0, 0.05) is 27.8 Å². The maximum Gasteiger partial charge on any atom is 0.227 e. The second-order valence-corrected chi connectivity index (χ2v) is 8.07. The average Bonchev–Trinajstić information content (AvgIpc) is 3.27. The van der Waals surface area contributed by atoms with Gasteiger partial charge >= 0.3 is 0 Å². The van der Waals surface area contributed by atoms with Crippen molar-refractivity contribution in [1.29, 1.82) is 0 Å². The number of nitrogens with zero attached hydrogens (tertiary/aromatic N) is 1. The van der Waals surface area contributed by atoms with E-state index in [9.17, 15) is 0 Å². The fraction of sp³-hybridized carbons (Fsp3) is 0.100. The molecule has 0 amide bonds. The van der Waals surface area contributed by atoms with Gasteiger partial charge in [-0.15, -0.1) is 0 Å². The summed E-state index contributed by atoms with van der Waals surface area (Å²) in [6.07, 6.45) is 0. The molecule has 0 aliphatic rings. The van der Waals surface area contributed by atoms with E-state index in [2.05, 4.69) is 50.0 Å². The van der Waals surface area contributed by atoms with Gasteiger partial charge in [-0.2, -0.15) is 0 Å². The lowest BCUT2D eigenvalue weighted by atomic mass is 9.97. The van der Waals surface area contributed by atoms with Crippen LogP contribution in [0.5, 0.6) is 5.75 Å². The minimum Gasteiger partial charge on any atom is -0.497 e. The van der Waals surface area contributed by atoms with Crippen LogP contribution in [0.4, 0.5) is 0 Å². The number of ether oxygens (including phenoxy) is 1. The summed E-state index contributed by atoms with van der Waals surface area (Å²) < 4.78 is 11.8. The van der Waals surface area contributed by atoms with Crippen molar-refractivity contribution in [3.8, 4) is 40.2 Å². The van der Waals surface area contributed by atoms with Gasteiger partial charge in [-0.1, -0.05) is 47.7 Å². The molecule has 4 aromatic carbocycles. The van der Waals surface area contributed by atoms with Crippen molar-refractivity contribution in [2.75, 3.05) is 7.11 Å². The summed E-state index contributed by atoms with van der Waals surface area (Å²) in [6, 6.07) is 28.3. The first-order valence-corrected chi connectivity index (χ1v) is 10.8. The van der Waals surface area contributed by atoms with E-state index in [1.54, 1.807) is 7.11 Å². The largest absolute Gasteiger partial charge is 0.497 e. The van der Waals surface area contributed by atoms with E-state index in [1.165, 1.54) is 5.56 Å². The second-order valence-electron chi connectivity index (χ2n) is 8.07. The third-order valence-electron chi connectivity index (χ3n) is 5.57. The molecule has 0 saturated heterocycles. The molecule has 5 rings (SSSR count). The number of aryl methyl sites for hydroxylation is 2. The summed E-state index contributed by atoms with van der Waals surface area (Å²) >= 11 is 0. The van der Waals surface area contributed by atoms with Crippen molar-refractivity contribution in [3.05, 3.63) is 107 Å². The molecule has 0 N–H and O–H groups in total. The lowest BCUT2D eigenvalue weighted by Gasteiger charge is -2.09. The highest BCUT2D eigenvalue weighted by Crippen LogP contribution is 2.36. The average molecular weight is 430 g/mol. The molecule has 1 heterocycles. The van der Waals surface area contributed by atoms with Gasteiger partial charge in [0.05, 0.1) is 7.11 Å². The number of hydrogen-bond acceptors (Lipinski definition) is 3. The Balaban J connectivity index is 1.68. The standard InChI is InChI=1S/C30H23NO2/c1-20-9-11-22(12-10-20)13-14-24-19-25(32-3)15-16-26(24)27-17-21(2)18-28-29(27)33-30(31-28)23-7-5-4-6-8-23/h4-12,15-19H,1-3H3. The Morgan fingerprint density at radius 1 is 0.758 bits per heavy atom. The molecule has 3 heteroatoms. The summed E-state index contributed by atoms with van der Waals surface area (Å²) in [5, 5.41) is 0. The van der Waals surface area contributed by atoms with Crippen LogP contribution in [-0.2, 0) is 0 Å². The molecule has 0 saturated carbocycles. The van der Waals surface area contributed by atoms with Gasteiger partial charge < -0.3 is 9.15 Å². The van der Waals surface area contributed by atoms with Crippen LogP contribution in [0.15, 0.2) is 89.3 Å². The van der Waals surface area contributed by atoms with E-state index in [4.69, 9.17) is 14.1 Å². The molecule has 33 heavy (non-hydrogen) atoms. The first-order valence-electron chi connectivity index (χ1n) is 10.8. The number of oxazole rings is 1. The Hall–Kier alpha value is -4.29. The molecule has 0 radical (unpaired) electrons. The van der Waals surface area contributed by atoms with Gasteiger partial charge in [-0.3, -0.25) is 0 Å². The van der Waals surface area contributed by atoms with Gasteiger partial charge in [0.15, 0.2) is 5.58 Å². The summed E-state index contributed by atoms with van der Waals surface area (Å²) in [4.78, 5) is 4.77. The monoisotopic (exact) mass is 429 g/mol. The number of benzene rings is 4. The lowest BCUT2D eigenvalue weighted by molar-refractivity contribution is 0.414. The van der Waals surface area contributed by atoms with Gasteiger partial charge in [-0.25, -0.2) is 4.98 Å². The normalized spacial score (nSPS) is 10.6. The highest BCUT2D eigenvalue weighted by molar-refractivity contribution is 5.94. The van der Waals surface area contributed by atoms with Gasteiger partial charge in [0.2, 0.25) is 5.89 Å². The molecule has 0 spiro atoms. The summed E-state index contributed by atoms with van der Waals surface area (Å²) in [6.45, 7) is 4.14. The molecule has 3 nitrogen and oxygen atoms in total. The van der Waals surface area contributed by atoms with Gasteiger partial charge in [-0.05, 0) is 74.0 Å². The quantitative estimate of drug-likeness (QED) is 0.285. The molecule has 5 aromatic rings. The molecule has 0 atom stereocenters. The maximum absolute atomic E-state index is 6.29. The highest BCUT2D eigenvalue weighted by atomic mass is 16.5. The highest BCUT2D eigenvalue weighted by Gasteiger charge is 2.16. The number of fused-ring (bicyclic) bond motifs is 1. The van der Waals surface area contributed by atoms with E-state index < -0.39 is 0 Å². The van der Waals surface area contributed by atoms with Crippen LogP contribution < -0.4 is 4.74 Å². The molecule has 0 aliphatic heterocycles. The minimum atomic E-state index is 0.609. The number of hydrogen-bond donors (Lipinski definition) is 0. The molecule has 1 aromatic heterocycles.